The maximum atomic E-state index is 11.4. The summed E-state index contributed by atoms with van der Waals surface area (Å²) in [6.07, 6.45) is 8.89. The van der Waals surface area contributed by atoms with E-state index in [2.05, 4.69) is 15.6 Å². The molecule has 0 aromatic rings. The van der Waals surface area contributed by atoms with Crippen molar-refractivity contribution >= 4 is 39.8 Å². The molecule has 1 saturated heterocycles. The first-order valence-corrected chi connectivity index (χ1v) is 10.1. The highest BCUT2D eigenvalue weighted by molar-refractivity contribution is 14.0. The van der Waals surface area contributed by atoms with E-state index in [4.69, 9.17) is 0 Å². The van der Waals surface area contributed by atoms with Gasteiger partial charge in [-0.3, -0.25) is 4.99 Å². The quantitative estimate of drug-likeness (QED) is 0.286. The Balaban J connectivity index is 0.00000242. The van der Waals surface area contributed by atoms with Gasteiger partial charge in [-0.2, -0.15) is 0 Å². The van der Waals surface area contributed by atoms with E-state index in [-0.39, 0.29) is 29.9 Å². The third-order valence-corrected chi connectivity index (χ3v) is 6.50. The molecule has 5 nitrogen and oxygen atoms in total. The zero-order chi connectivity index (χ0) is 15.1. The molecule has 1 unspecified atom stereocenters. The highest BCUT2D eigenvalue weighted by atomic mass is 127. The molecule has 7 heteroatoms. The van der Waals surface area contributed by atoms with Gasteiger partial charge in [0, 0.05) is 20.1 Å². The number of aliphatic imine (C=N–C) groups is 1. The number of halogens is 1. The van der Waals surface area contributed by atoms with E-state index >= 15 is 0 Å². The summed E-state index contributed by atoms with van der Waals surface area (Å²) in [5, 5.41) is 6.58. The van der Waals surface area contributed by atoms with Crippen molar-refractivity contribution in [3.05, 3.63) is 0 Å². The molecule has 1 aliphatic heterocycles. The van der Waals surface area contributed by atoms with Crippen molar-refractivity contribution in [1.82, 2.24) is 10.6 Å². The molecule has 0 bridgehead atoms. The Kier molecular flexibility index (Phi) is 9.04. The largest absolute Gasteiger partial charge is 0.356 e. The first kappa shape index (κ1) is 20.0. The molecule has 0 amide bonds. The Hall–Kier alpha value is -0.0500. The lowest BCUT2D eigenvalue weighted by Gasteiger charge is -2.15. The van der Waals surface area contributed by atoms with Crippen molar-refractivity contribution in [2.24, 2.45) is 16.8 Å². The molecule has 0 radical (unpaired) electrons. The lowest BCUT2D eigenvalue weighted by atomic mass is 10.0. The second kappa shape index (κ2) is 9.95. The van der Waals surface area contributed by atoms with Crippen LogP contribution in [0.3, 0.4) is 0 Å². The minimum absolute atomic E-state index is 0. The molecular weight excluding hydrogens is 413 g/mol. The second-order valence-corrected chi connectivity index (χ2v) is 8.67. The van der Waals surface area contributed by atoms with Crippen LogP contribution in [0.1, 0.15) is 44.9 Å². The molecule has 0 aromatic heterocycles. The van der Waals surface area contributed by atoms with E-state index in [0.29, 0.717) is 18.1 Å². The number of nitrogens with zero attached hydrogens (tertiary/aromatic N) is 1. The molecule has 0 aromatic carbocycles. The number of nitrogens with one attached hydrogen (secondary N) is 2. The van der Waals surface area contributed by atoms with Crippen LogP contribution in [0, 0.1) is 11.8 Å². The van der Waals surface area contributed by atoms with E-state index in [0.717, 1.165) is 24.8 Å². The highest BCUT2D eigenvalue weighted by Crippen LogP contribution is 2.28. The fraction of sp³-hybridized carbons (Fsp3) is 0.933. The predicted molar refractivity (Wildman–Crippen MR) is 103 cm³/mol. The number of sulfone groups is 1. The molecule has 1 aliphatic carbocycles. The van der Waals surface area contributed by atoms with Gasteiger partial charge in [-0.15, -0.1) is 24.0 Å². The van der Waals surface area contributed by atoms with Gasteiger partial charge in [0.1, 0.15) is 0 Å². The van der Waals surface area contributed by atoms with Gasteiger partial charge < -0.3 is 10.6 Å². The summed E-state index contributed by atoms with van der Waals surface area (Å²) >= 11 is 0. The first-order valence-electron chi connectivity index (χ1n) is 8.24. The van der Waals surface area contributed by atoms with Crippen LogP contribution in [-0.4, -0.2) is 46.0 Å². The topological polar surface area (TPSA) is 70.6 Å². The Morgan fingerprint density at radius 2 is 1.86 bits per heavy atom. The normalized spacial score (nSPS) is 25.0. The molecule has 2 rings (SSSR count). The van der Waals surface area contributed by atoms with Crippen LogP contribution in [0.5, 0.6) is 0 Å². The molecule has 130 valence electrons. The summed E-state index contributed by atoms with van der Waals surface area (Å²) in [7, 11) is -1.02. The van der Waals surface area contributed by atoms with Gasteiger partial charge in [-0.1, -0.05) is 25.7 Å². The second-order valence-electron chi connectivity index (χ2n) is 6.44. The Bertz CT molecular complexity index is 448. The SMILES string of the molecule is CN=C(NCCCC1CCCC1)NCC1CCS(=O)(=O)C1.I. The van der Waals surface area contributed by atoms with E-state index < -0.39 is 9.84 Å². The standard InChI is InChI=1S/C15H29N3O2S.HI/c1-16-15(17-9-4-7-13-5-2-3-6-13)18-11-14-8-10-21(19,20)12-14;/h13-14H,2-12H2,1H3,(H2,16,17,18);1H. The number of hydrogen-bond acceptors (Lipinski definition) is 3. The van der Waals surface area contributed by atoms with Crippen LogP contribution in [0.25, 0.3) is 0 Å². The summed E-state index contributed by atoms with van der Waals surface area (Å²) in [6.45, 7) is 1.64. The smallest absolute Gasteiger partial charge is 0.190 e. The molecular formula is C15H30IN3O2S. The lowest BCUT2D eigenvalue weighted by molar-refractivity contribution is 0.480. The molecule has 2 N–H and O–H groups in total. The maximum absolute atomic E-state index is 11.4. The van der Waals surface area contributed by atoms with Gasteiger partial charge in [0.15, 0.2) is 15.8 Å². The summed E-state index contributed by atoms with van der Waals surface area (Å²) in [4.78, 5) is 4.20. The molecule has 2 aliphatic rings. The number of rotatable bonds is 6. The fourth-order valence-electron chi connectivity index (χ4n) is 3.39. The molecule has 1 saturated carbocycles. The summed E-state index contributed by atoms with van der Waals surface area (Å²) in [5.41, 5.74) is 0. The highest BCUT2D eigenvalue weighted by Gasteiger charge is 2.27. The Morgan fingerprint density at radius 3 is 2.45 bits per heavy atom. The van der Waals surface area contributed by atoms with Crippen LogP contribution in [0.4, 0.5) is 0 Å². The van der Waals surface area contributed by atoms with Crippen molar-refractivity contribution in [3.8, 4) is 0 Å². The van der Waals surface area contributed by atoms with Crippen LogP contribution in [-0.2, 0) is 9.84 Å². The maximum Gasteiger partial charge on any atom is 0.190 e. The van der Waals surface area contributed by atoms with Crippen molar-refractivity contribution < 1.29 is 8.42 Å². The molecule has 0 spiro atoms. The third kappa shape index (κ3) is 7.02. The molecule has 22 heavy (non-hydrogen) atoms. The van der Waals surface area contributed by atoms with Gasteiger partial charge in [0.25, 0.3) is 0 Å². The van der Waals surface area contributed by atoms with Crippen LogP contribution < -0.4 is 10.6 Å². The van der Waals surface area contributed by atoms with Crippen LogP contribution >= 0.6 is 24.0 Å². The number of guanidine groups is 1. The van der Waals surface area contributed by atoms with Gasteiger partial charge in [0.2, 0.25) is 0 Å². The van der Waals surface area contributed by atoms with Crippen LogP contribution in [0.15, 0.2) is 4.99 Å². The van der Waals surface area contributed by atoms with E-state index in [9.17, 15) is 8.42 Å². The van der Waals surface area contributed by atoms with Gasteiger partial charge >= 0.3 is 0 Å². The van der Waals surface area contributed by atoms with Crippen molar-refractivity contribution in [2.45, 2.75) is 44.9 Å². The molecule has 1 heterocycles. The first-order chi connectivity index (χ1) is 10.1. The van der Waals surface area contributed by atoms with Crippen molar-refractivity contribution in [1.29, 1.82) is 0 Å². The van der Waals surface area contributed by atoms with Gasteiger partial charge in [-0.25, -0.2) is 8.42 Å². The Morgan fingerprint density at radius 1 is 1.14 bits per heavy atom. The molecule has 2 fully saturated rings. The van der Waals surface area contributed by atoms with Crippen molar-refractivity contribution in [2.75, 3.05) is 31.6 Å². The van der Waals surface area contributed by atoms with Crippen LogP contribution in [0.2, 0.25) is 0 Å². The average Bonchev–Trinajstić information content (AvgIpc) is 3.07. The zero-order valence-electron chi connectivity index (χ0n) is 13.5. The van der Waals surface area contributed by atoms with E-state index in [1.165, 1.54) is 38.5 Å². The molecule has 1 atom stereocenters. The summed E-state index contributed by atoms with van der Waals surface area (Å²) in [5.74, 6) is 2.62. The summed E-state index contributed by atoms with van der Waals surface area (Å²) < 4.78 is 22.8. The minimum Gasteiger partial charge on any atom is -0.356 e. The lowest BCUT2D eigenvalue weighted by Crippen LogP contribution is -2.40. The zero-order valence-corrected chi connectivity index (χ0v) is 16.7. The van der Waals surface area contributed by atoms with E-state index in [1.807, 2.05) is 0 Å². The monoisotopic (exact) mass is 443 g/mol. The minimum atomic E-state index is -2.78. The number of hydrogen-bond donors (Lipinski definition) is 2. The predicted octanol–water partition coefficient (Wildman–Crippen LogP) is 2.17. The summed E-state index contributed by atoms with van der Waals surface area (Å²) in [6, 6.07) is 0. The fourth-order valence-corrected chi connectivity index (χ4v) is 5.25. The Labute approximate surface area is 152 Å². The third-order valence-electron chi connectivity index (χ3n) is 4.66. The van der Waals surface area contributed by atoms with Crippen molar-refractivity contribution in [3.63, 3.8) is 0 Å². The van der Waals surface area contributed by atoms with Gasteiger partial charge in [0.05, 0.1) is 11.5 Å². The van der Waals surface area contributed by atoms with Gasteiger partial charge in [-0.05, 0) is 31.1 Å². The van der Waals surface area contributed by atoms with E-state index in [1.54, 1.807) is 7.05 Å². The average molecular weight is 443 g/mol.